The van der Waals surface area contributed by atoms with Gasteiger partial charge in [-0.25, -0.2) is 4.79 Å². The quantitative estimate of drug-likeness (QED) is 0.768. The van der Waals surface area contributed by atoms with Crippen LogP contribution < -0.4 is 15.4 Å². The summed E-state index contributed by atoms with van der Waals surface area (Å²) < 4.78 is 5.53. The lowest BCUT2D eigenvalue weighted by Crippen LogP contribution is -2.42. The van der Waals surface area contributed by atoms with Gasteiger partial charge >= 0.3 is 6.03 Å². The number of likely N-dealkylation sites (tertiary alicyclic amines) is 1. The molecule has 1 heterocycles. The molecule has 1 saturated heterocycles. The summed E-state index contributed by atoms with van der Waals surface area (Å²) in [6.07, 6.45) is 2.46. The van der Waals surface area contributed by atoms with Crippen molar-refractivity contribution in [2.24, 2.45) is 5.92 Å². The number of nitrogens with one attached hydrogen (secondary N) is 2. The van der Waals surface area contributed by atoms with Crippen LogP contribution in [0.4, 0.5) is 4.79 Å². The molecule has 5 heteroatoms. The van der Waals surface area contributed by atoms with Crippen LogP contribution in [-0.4, -0.2) is 43.7 Å². The summed E-state index contributed by atoms with van der Waals surface area (Å²) in [5.74, 6) is 1.35. The molecule has 0 saturated carbocycles. The van der Waals surface area contributed by atoms with Gasteiger partial charge < -0.3 is 15.4 Å². The minimum atomic E-state index is -0.0844. The number of ether oxygens (including phenoxy) is 1. The number of hydrogen-bond donors (Lipinski definition) is 2. The van der Waals surface area contributed by atoms with Gasteiger partial charge in [0.2, 0.25) is 0 Å². The molecule has 24 heavy (non-hydrogen) atoms. The Morgan fingerprint density at radius 2 is 1.75 bits per heavy atom. The Labute approximate surface area is 145 Å². The standard InChI is InChI=1S/C19H31N3O2/c1-4-24-17-9-7-16(8-10-17)18(22-11-5-6-12-22)14-21-19(23)20-13-15(2)3/h7-10,15,18H,4-6,11-14H2,1-3H3,(H2,20,21,23). The molecular formula is C19H31N3O2. The van der Waals surface area contributed by atoms with Gasteiger partial charge in [-0.15, -0.1) is 0 Å². The van der Waals surface area contributed by atoms with Gasteiger partial charge in [-0.1, -0.05) is 26.0 Å². The lowest BCUT2D eigenvalue weighted by molar-refractivity contribution is 0.220. The molecule has 1 unspecified atom stereocenters. The molecule has 0 radical (unpaired) electrons. The Bertz CT molecular complexity index is 496. The Balaban J connectivity index is 1.98. The average Bonchev–Trinajstić information content (AvgIpc) is 3.09. The number of rotatable bonds is 8. The van der Waals surface area contributed by atoms with E-state index in [1.807, 2.05) is 19.1 Å². The molecule has 0 bridgehead atoms. The van der Waals surface area contributed by atoms with Crippen LogP contribution in [0.25, 0.3) is 0 Å². The second kappa shape index (κ2) is 9.52. The molecule has 0 aromatic heterocycles. The number of carbonyl (C=O) groups is 1. The van der Waals surface area contributed by atoms with Crippen molar-refractivity contribution < 1.29 is 9.53 Å². The number of nitrogens with zero attached hydrogens (tertiary/aromatic N) is 1. The van der Waals surface area contributed by atoms with E-state index in [4.69, 9.17) is 4.74 Å². The van der Waals surface area contributed by atoms with Gasteiger partial charge in [0.05, 0.1) is 12.6 Å². The number of urea groups is 1. The lowest BCUT2D eigenvalue weighted by atomic mass is 10.1. The molecule has 5 nitrogen and oxygen atoms in total. The highest BCUT2D eigenvalue weighted by Crippen LogP contribution is 2.26. The summed E-state index contributed by atoms with van der Waals surface area (Å²) in [6.45, 7) is 10.3. The lowest BCUT2D eigenvalue weighted by Gasteiger charge is -2.28. The summed E-state index contributed by atoms with van der Waals surface area (Å²) >= 11 is 0. The van der Waals surface area contributed by atoms with Crippen molar-refractivity contribution in [3.63, 3.8) is 0 Å². The highest BCUT2D eigenvalue weighted by atomic mass is 16.5. The average molecular weight is 333 g/mol. The Kier molecular flexibility index (Phi) is 7.37. The van der Waals surface area contributed by atoms with Crippen LogP contribution in [-0.2, 0) is 0 Å². The van der Waals surface area contributed by atoms with E-state index in [-0.39, 0.29) is 12.1 Å². The maximum absolute atomic E-state index is 12.0. The van der Waals surface area contributed by atoms with Crippen LogP contribution in [0.1, 0.15) is 45.2 Å². The number of carbonyl (C=O) groups excluding carboxylic acids is 1. The van der Waals surface area contributed by atoms with Crippen LogP contribution in [0.15, 0.2) is 24.3 Å². The molecular weight excluding hydrogens is 302 g/mol. The van der Waals surface area contributed by atoms with Crippen LogP contribution in [0.3, 0.4) is 0 Å². The number of benzene rings is 1. The fourth-order valence-electron chi connectivity index (χ4n) is 3.01. The third-order valence-corrected chi connectivity index (χ3v) is 4.28. The van der Waals surface area contributed by atoms with Crippen molar-refractivity contribution in [2.45, 2.75) is 39.7 Å². The number of hydrogen-bond acceptors (Lipinski definition) is 3. The van der Waals surface area contributed by atoms with E-state index in [9.17, 15) is 4.79 Å². The summed E-state index contributed by atoms with van der Waals surface area (Å²) in [4.78, 5) is 14.4. The second-order valence-corrected chi connectivity index (χ2v) is 6.75. The van der Waals surface area contributed by atoms with Gasteiger partial charge in [-0.3, -0.25) is 4.90 Å². The monoisotopic (exact) mass is 333 g/mol. The summed E-state index contributed by atoms with van der Waals surface area (Å²) in [5, 5.41) is 5.95. The van der Waals surface area contributed by atoms with Crippen LogP contribution in [0.5, 0.6) is 5.75 Å². The van der Waals surface area contributed by atoms with Crippen LogP contribution in [0, 0.1) is 5.92 Å². The van der Waals surface area contributed by atoms with Crippen molar-refractivity contribution in [3.8, 4) is 5.75 Å². The molecule has 1 atom stereocenters. The zero-order valence-electron chi connectivity index (χ0n) is 15.2. The zero-order chi connectivity index (χ0) is 17.4. The molecule has 0 aliphatic carbocycles. The smallest absolute Gasteiger partial charge is 0.314 e. The molecule has 134 valence electrons. The molecule has 2 rings (SSSR count). The predicted octanol–water partition coefficient (Wildman–Crippen LogP) is 3.18. The van der Waals surface area contributed by atoms with Gasteiger partial charge in [-0.05, 0) is 56.5 Å². The van der Waals surface area contributed by atoms with Crippen LogP contribution in [0.2, 0.25) is 0 Å². The van der Waals surface area contributed by atoms with E-state index in [0.29, 0.717) is 25.6 Å². The molecule has 2 N–H and O–H groups in total. The second-order valence-electron chi connectivity index (χ2n) is 6.75. The SMILES string of the molecule is CCOc1ccc(C(CNC(=O)NCC(C)C)N2CCCC2)cc1. The molecule has 0 spiro atoms. The molecule has 1 fully saturated rings. The first-order valence-electron chi connectivity index (χ1n) is 9.08. The molecule has 1 aromatic carbocycles. The zero-order valence-corrected chi connectivity index (χ0v) is 15.2. The topological polar surface area (TPSA) is 53.6 Å². The summed E-state index contributed by atoms with van der Waals surface area (Å²) in [5.41, 5.74) is 1.23. The van der Waals surface area contributed by atoms with Gasteiger partial charge in [-0.2, -0.15) is 0 Å². The molecule has 1 aliphatic rings. The maximum atomic E-state index is 12.0. The Morgan fingerprint density at radius 1 is 1.12 bits per heavy atom. The fourth-order valence-corrected chi connectivity index (χ4v) is 3.01. The molecule has 1 aliphatic heterocycles. The highest BCUT2D eigenvalue weighted by molar-refractivity contribution is 5.73. The van der Waals surface area contributed by atoms with Gasteiger partial charge in [0, 0.05) is 13.1 Å². The van der Waals surface area contributed by atoms with E-state index in [1.54, 1.807) is 0 Å². The first-order chi connectivity index (χ1) is 11.6. The van der Waals surface area contributed by atoms with Crippen molar-refractivity contribution in [1.82, 2.24) is 15.5 Å². The first kappa shape index (κ1) is 18.6. The van der Waals surface area contributed by atoms with Crippen molar-refractivity contribution in [2.75, 3.05) is 32.8 Å². The normalized spacial score (nSPS) is 16.2. The summed E-state index contributed by atoms with van der Waals surface area (Å²) in [6, 6.07) is 8.39. The minimum Gasteiger partial charge on any atom is -0.494 e. The third kappa shape index (κ3) is 5.71. The minimum absolute atomic E-state index is 0.0844. The van der Waals surface area contributed by atoms with Crippen molar-refractivity contribution >= 4 is 6.03 Å². The predicted molar refractivity (Wildman–Crippen MR) is 97.4 cm³/mol. The van der Waals surface area contributed by atoms with Crippen LogP contribution >= 0.6 is 0 Å². The first-order valence-corrected chi connectivity index (χ1v) is 9.08. The van der Waals surface area contributed by atoms with Crippen molar-refractivity contribution in [1.29, 1.82) is 0 Å². The molecule has 1 aromatic rings. The maximum Gasteiger partial charge on any atom is 0.314 e. The third-order valence-electron chi connectivity index (χ3n) is 4.28. The fraction of sp³-hybridized carbons (Fsp3) is 0.632. The van der Waals surface area contributed by atoms with Gasteiger partial charge in [0.1, 0.15) is 5.75 Å². The Hall–Kier alpha value is -1.75. The van der Waals surface area contributed by atoms with E-state index in [1.165, 1.54) is 18.4 Å². The number of amides is 2. The van der Waals surface area contributed by atoms with Gasteiger partial charge in [0.15, 0.2) is 0 Å². The largest absolute Gasteiger partial charge is 0.494 e. The van der Waals surface area contributed by atoms with E-state index in [0.717, 1.165) is 18.8 Å². The Morgan fingerprint density at radius 3 is 2.33 bits per heavy atom. The van der Waals surface area contributed by atoms with E-state index in [2.05, 4.69) is 41.5 Å². The summed E-state index contributed by atoms with van der Waals surface area (Å²) in [7, 11) is 0. The highest BCUT2D eigenvalue weighted by Gasteiger charge is 2.24. The van der Waals surface area contributed by atoms with E-state index >= 15 is 0 Å². The molecule has 2 amide bonds. The van der Waals surface area contributed by atoms with E-state index < -0.39 is 0 Å². The van der Waals surface area contributed by atoms with Gasteiger partial charge in [0.25, 0.3) is 0 Å². The van der Waals surface area contributed by atoms with Crippen molar-refractivity contribution in [3.05, 3.63) is 29.8 Å².